The maximum Gasteiger partial charge on any atom is 0.315 e. The molecule has 116 valence electrons. The number of urea groups is 1. The summed E-state index contributed by atoms with van der Waals surface area (Å²) < 4.78 is 5.08. The first-order valence-electron chi connectivity index (χ1n) is 7.49. The molecule has 2 N–H and O–H groups in total. The lowest BCUT2D eigenvalue weighted by atomic mass is 10.1. The molecular formula is C16H25N3O2. The average Bonchev–Trinajstić information content (AvgIpc) is 2.91. The minimum absolute atomic E-state index is 0.0863. The predicted octanol–water partition coefficient (Wildman–Crippen LogP) is 1.51. The lowest BCUT2D eigenvalue weighted by Crippen LogP contribution is -2.43. The van der Waals surface area contributed by atoms with Crippen molar-refractivity contribution in [3.63, 3.8) is 0 Å². The van der Waals surface area contributed by atoms with E-state index in [1.54, 1.807) is 7.11 Å². The van der Waals surface area contributed by atoms with Crippen molar-refractivity contribution in [3.8, 4) is 0 Å². The molecule has 1 aromatic rings. The summed E-state index contributed by atoms with van der Waals surface area (Å²) in [7, 11) is 1.71. The van der Waals surface area contributed by atoms with Crippen LogP contribution in [0.15, 0.2) is 24.3 Å². The first kappa shape index (κ1) is 15.8. The fraction of sp³-hybridized carbons (Fsp3) is 0.562. The minimum atomic E-state index is -0.0863. The number of nitrogens with zero attached hydrogens (tertiary/aromatic N) is 1. The topological polar surface area (TPSA) is 53.6 Å². The molecule has 0 unspecified atom stereocenters. The summed E-state index contributed by atoms with van der Waals surface area (Å²) in [6, 6.07) is 8.24. The quantitative estimate of drug-likeness (QED) is 0.835. The molecule has 1 aliphatic rings. The van der Waals surface area contributed by atoms with Crippen LogP contribution in [-0.2, 0) is 11.3 Å². The summed E-state index contributed by atoms with van der Waals surface area (Å²) in [6.07, 6.45) is 1.00. The van der Waals surface area contributed by atoms with Crippen molar-refractivity contribution in [1.82, 2.24) is 15.5 Å². The Morgan fingerprint density at radius 3 is 3.00 bits per heavy atom. The highest BCUT2D eigenvalue weighted by atomic mass is 16.5. The number of likely N-dealkylation sites (tertiary alicyclic amines) is 1. The van der Waals surface area contributed by atoms with Crippen LogP contribution >= 0.6 is 0 Å². The van der Waals surface area contributed by atoms with Gasteiger partial charge in [-0.15, -0.1) is 0 Å². The molecule has 1 fully saturated rings. The largest absolute Gasteiger partial charge is 0.383 e. The van der Waals surface area contributed by atoms with Gasteiger partial charge in [-0.05, 0) is 24.5 Å². The van der Waals surface area contributed by atoms with E-state index >= 15 is 0 Å². The highest BCUT2D eigenvalue weighted by Crippen LogP contribution is 2.09. The fourth-order valence-electron chi connectivity index (χ4n) is 2.59. The normalized spacial score (nSPS) is 18.7. The van der Waals surface area contributed by atoms with Crippen LogP contribution in [0, 0.1) is 6.92 Å². The summed E-state index contributed by atoms with van der Waals surface area (Å²) >= 11 is 0. The highest BCUT2D eigenvalue weighted by molar-refractivity contribution is 5.74. The molecule has 0 radical (unpaired) electrons. The molecule has 0 bridgehead atoms. The average molecular weight is 291 g/mol. The van der Waals surface area contributed by atoms with Crippen molar-refractivity contribution < 1.29 is 9.53 Å². The number of nitrogens with one attached hydrogen (secondary N) is 2. The van der Waals surface area contributed by atoms with E-state index in [2.05, 4.69) is 28.5 Å². The van der Waals surface area contributed by atoms with Gasteiger partial charge in [-0.3, -0.25) is 4.90 Å². The van der Waals surface area contributed by atoms with Crippen LogP contribution in [0.4, 0.5) is 4.79 Å². The van der Waals surface area contributed by atoms with Crippen molar-refractivity contribution in [2.75, 3.05) is 33.4 Å². The van der Waals surface area contributed by atoms with Crippen LogP contribution in [-0.4, -0.2) is 50.3 Å². The Labute approximate surface area is 126 Å². The monoisotopic (exact) mass is 291 g/mol. The van der Waals surface area contributed by atoms with Gasteiger partial charge in [0.1, 0.15) is 0 Å². The Hall–Kier alpha value is -1.59. The Kier molecular flexibility index (Phi) is 6.02. The van der Waals surface area contributed by atoms with E-state index in [0.717, 1.165) is 38.2 Å². The predicted molar refractivity (Wildman–Crippen MR) is 83.3 cm³/mol. The number of hydrogen-bond donors (Lipinski definition) is 2. The number of rotatable bonds is 6. The Balaban J connectivity index is 1.69. The number of hydrogen-bond acceptors (Lipinski definition) is 3. The lowest BCUT2D eigenvalue weighted by molar-refractivity contribution is 0.159. The van der Waals surface area contributed by atoms with Crippen molar-refractivity contribution in [1.29, 1.82) is 0 Å². The van der Waals surface area contributed by atoms with E-state index in [-0.39, 0.29) is 12.1 Å². The van der Waals surface area contributed by atoms with Gasteiger partial charge in [0.05, 0.1) is 6.61 Å². The molecule has 2 rings (SSSR count). The van der Waals surface area contributed by atoms with Gasteiger partial charge in [0.2, 0.25) is 0 Å². The molecule has 1 aromatic carbocycles. The Morgan fingerprint density at radius 2 is 2.24 bits per heavy atom. The van der Waals surface area contributed by atoms with Crippen LogP contribution in [0.1, 0.15) is 17.5 Å². The number of ether oxygens (including phenoxy) is 1. The van der Waals surface area contributed by atoms with Gasteiger partial charge in [-0.2, -0.15) is 0 Å². The molecule has 5 nitrogen and oxygen atoms in total. The molecule has 0 saturated carbocycles. The number of methoxy groups -OCH3 is 1. The molecule has 21 heavy (non-hydrogen) atoms. The maximum atomic E-state index is 11.9. The van der Waals surface area contributed by atoms with Crippen LogP contribution in [0.2, 0.25) is 0 Å². The van der Waals surface area contributed by atoms with Crippen LogP contribution < -0.4 is 10.6 Å². The molecular weight excluding hydrogens is 266 g/mol. The molecule has 1 saturated heterocycles. The number of amides is 2. The summed E-state index contributed by atoms with van der Waals surface area (Å²) in [5.74, 6) is 0. The fourth-order valence-corrected chi connectivity index (χ4v) is 2.59. The van der Waals surface area contributed by atoms with Gasteiger partial charge >= 0.3 is 6.03 Å². The smallest absolute Gasteiger partial charge is 0.315 e. The number of aryl methyl sites for hydroxylation is 1. The zero-order chi connectivity index (χ0) is 15.1. The van der Waals surface area contributed by atoms with Gasteiger partial charge < -0.3 is 15.4 Å². The Bertz CT molecular complexity index is 465. The van der Waals surface area contributed by atoms with E-state index in [1.807, 2.05) is 18.2 Å². The van der Waals surface area contributed by atoms with Crippen molar-refractivity contribution >= 4 is 6.03 Å². The third-order valence-corrected chi connectivity index (χ3v) is 3.92. The SMILES string of the molecule is COCCN1CC[C@@H](NC(=O)NCc2ccccc2C)C1. The van der Waals surface area contributed by atoms with Gasteiger partial charge in [-0.1, -0.05) is 24.3 Å². The third-order valence-electron chi connectivity index (χ3n) is 3.92. The van der Waals surface area contributed by atoms with Crippen molar-refractivity contribution in [2.24, 2.45) is 0 Å². The maximum absolute atomic E-state index is 11.9. The van der Waals surface area contributed by atoms with Crippen LogP contribution in [0.3, 0.4) is 0 Å². The number of carbonyl (C=O) groups is 1. The van der Waals surface area contributed by atoms with Gasteiger partial charge in [0.25, 0.3) is 0 Å². The second-order valence-electron chi connectivity index (χ2n) is 5.53. The van der Waals surface area contributed by atoms with E-state index in [1.165, 1.54) is 5.56 Å². The molecule has 1 atom stereocenters. The molecule has 1 aliphatic heterocycles. The lowest BCUT2D eigenvalue weighted by Gasteiger charge is -2.16. The molecule has 0 aromatic heterocycles. The molecule has 5 heteroatoms. The van der Waals surface area contributed by atoms with Gasteiger partial charge in [0.15, 0.2) is 0 Å². The van der Waals surface area contributed by atoms with Crippen LogP contribution in [0.5, 0.6) is 0 Å². The van der Waals surface area contributed by atoms with Gasteiger partial charge in [-0.25, -0.2) is 4.79 Å². The standard InChI is InChI=1S/C16H25N3O2/c1-13-5-3-4-6-14(13)11-17-16(20)18-15-7-8-19(12-15)9-10-21-2/h3-6,15H,7-12H2,1-2H3,(H2,17,18,20)/t15-/m1/s1. The number of benzene rings is 1. The van der Waals surface area contributed by atoms with Crippen molar-refractivity contribution in [2.45, 2.75) is 25.9 Å². The minimum Gasteiger partial charge on any atom is -0.383 e. The molecule has 2 amide bonds. The zero-order valence-corrected chi connectivity index (χ0v) is 12.9. The first-order chi connectivity index (χ1) is 10.2. The van der Waals surface area contributed by atoms with Crippen molar-refractivity contribution in [3.05, 3.63) is 35.4 Å². The summed E-state index contributed by atoms with van der Waals surface area (Å²) in [5.41, 5.74) is 2.35. The number of carbonyl (C=O) groups excluding carboxylic acids is 1. The zero-order valence-electron chi connectivity index (χ0n) is 12.9. The highest BCUT2D eigenvalue weighted by Gasteiger charge is 2.23. The Morgan fingerprint density at radius 1 is 1.43 bits per heavy atom. The summed E-state index contributed by atoms with van der Waals surface area (Å²) in [5, 5.41) is 5.97. The summed E-state index contributed by atoms with van der Waals surface area (Å²) in [6.45, 7) is 6.22. The van der Waals surface area contributed by atoms with Gasteiger partial charge in [0, 0.05) is 39.3 Å². The first-order valence-corrected chi connectivity index (χ1v) is 7.49. The second kappa shape index (κ2) is 8.00. The van der Waals surface area contributed by atoms with Crippen LogP contribution in [0.25, 0.3) is 0 Å². The summed E-state index contributed by atoms with van der Waals surface area (Å²) in [4.78, 5) is 14.3. The third kappa shape index (κ3) is 5.02. The molecule has 0 aliphatic carbocycles. The molecule has 1 heterocycles. The van der Waals surface area contributed by atoms with E-state index in [4.69, 9.17) is 4.74 Å². The van der Waals surface area contributed by atoms with E-state index in [9.17, 15) is 4.79 Å². The second-order valence-corrected chi connectivity index (χ2v) is 5.53. The van der Waals surface area contributed by atoms with E-state index < -0.39 is 0 Å². The van der Waals surface area contributed by atoms with E-state index in [0.29, 0.717) is 6.54 Å². The molecule has 0 spiro atoms.